The summed E-state index contributed by atoms with van der Waals surface area (Å²) in [4.78, 5) is 11.6. The highest BCUT2D eigenvalue weighted by atomic mass is 19.1. The van der Waals surface area contributed by atoms with Crippen molar-refractivity contribution in [3.63, 3.8) is 0 Å². The van der Waals surface area contributed by atoms with Crippen molar-refractivity contribution < 1.29 is 13.9 Å². The third kappa shape index (κ3) is 5.05. The SMILES string of the molecule is CCCNC(=O)CC(CN)Nc1ccc(F)c(OC)c1. The van der Waals surface area contributed by atoms with Crippen molar-refractivity contribution >= 4 is 11.6 Å². The van der Waals surface area contributed by atoms with E-state index in [4.69, 9.17) is 10.5 Å². The smallest absolute Gasteiger partial charge is 0.222 e. The third-order valence-electron chi connectivity index (χ3n) is 2.81. The number of anilines is 1. The van der Waals surface area contributed by atoms with Crippen LogP contribution >= 0.6 is 0 Å². The topological polar surface area (TPSA) is 76.4 Å². The molecule has 1 unspecified atom stereocenters. The highest BCUT2D eigenvalue weighted by Crippen LogP contribution is 2.22. The van der Waals surface area contributed by atoms with Gasteiger partial charge >= 0.3 is 0 Å². The first-order valence-corrected chi connectivity index (χ1v) is 6.67. The zero-order valence-corrected chi connectivity index (χ0v) is 11.9. The molecular formula is C14H22FN3O2. The van der Waals surface area contributed by atoms with E-state index in [1.807, 2.05) is 6.92 Å². The van der Waals surface area contributed by atoms with E-state index < -0.39 is 5.82 Å². The molecule has 0 aliphatic carbocycles. The number of carbonyl (C=O) groups excluding carboxylic acids is 1. The summed E-state index contributed by atoms with van der Waals surface area (Å²) in [5.41, 5.74) is 6.32. The lowest BCUT2D eigenvalue weighted by atomic mass is 10.1. The molecule has 1 rings (SSSR count). The molecule has 5 nitrogen and oxygen atoms in total. The van der Waals surface area contributed by atoms with Crippen molar-refractivity contribution in [2.24, 2.45) is 5.73 Å². The van der Waals surface area contributed by atoms with E-state index in [2.05, 4.69) is 10.6 Å². The van der Waals surface area contributed by atoms with Gasteiger partial charge in [-0.15, -0.1) is 0 Å². The largest absolute Gasteiger partial charge is 0.494 e. The summed E-state index contributed by atoms with van der Waals surface area (Å²) in [5, 5.41) is 5.90. The van der Waals surface area contributed by atoms with Crippen LogP contribution in [0.1, 0.15) is 19.8 Å². The number of methoxy groups -OCH3 is 1. The fourth-order valence-electron chi connectivity index (χ4n) is 1.74. The van der Waals surface area contributed by atoms with Gasteiger partial charge in [0.25, 0.3) is 0 Å². The first-order chi connectivity index (χ1) is 9.60. The van der Waals surface area contributed by atoms with Crippen LogP contribution in [0.4, 0.5) is 10.1 Å². The molecule has 1 amide bonds. The monoisotopic (exact) mass is 283 g/mol. The number of ether oxygens (including phenoxy) is 1. The molecule has 6 heteroatoms. The Morgan fingerprint density at radius 1 is 1.50 bits per heavy atom. The van der Waals surface area contributed by atoms with Gasteiger partial charge in [0.15, 0.2) is 11.6 Å². The molecule has 0 heterocycles. The maximum atomic E-state index is 13.3. The van der Waals surface area contributed by atoms with Gasteiger partial charge in [-0.05, 0) is 18.6 Å². The fraction of sp³-hybridized carbons (Fsp3) is 0.500. The molecule has 0 bridgehead atoms. The van der Waals surface area contributed by atoms with Crippen LogP contribution in [0.25, 0.3) is 0 Å². The summed E-state index contributed by atoms with van der Waals surface area (Å²) in [6.45, 7) is 2.95. The average molecular weight is 283 g/mol. The number of hydrogen-bond donors (Lipinski definition) is 3. The van der Waals surface area contributed by atoms with Crippen LogP contribution in [0.15, 0.2) is 18.2 Å². The quantitative estimate of drug-likeness (QED) is 0.675. The minimum absolute atomic E-state index is 0.0520. The molecule has 0 aromatic heterocycles. The zero-order chi connectivity index (χ0) is 15.0. The standard InChI is InChI=1S/C14H22FN3O2/c1-3-6-17-14(19)8-11(9-16)18-10-4-5-12(15)13(7-10)20-2/h4-5,7,11,18H,3,6,8-9,16H2,1-2H3,(H,17,19). The van der Waals surface area contributed by atoms with E-state index in [-0.39, 0.29) is 24.1 Å². The minimum atomic E-state index is -0.428. The van der Waals surface area contributed by atoms with Crippen molar-refractivity contribution in [3.8, 4) is 5.75 Å². The maximum absolute atomic E-state index is 13.3. The van der Waals surface area contributed by atoms with Crippen LogP contribution < -0.4 is 21.1 Å². The molecule has 0 saturated carbocycles. The number of rotatable bonds is 8. The predicted octanol–water partition coefficient (Wildman–Crippen LogP) is 1.49. The Kier molecular flexibility index (Phi) is 6.79. The van der Waals surface area contributed by atoms with E-state index in [1.54, 1.807) is 12.1 Å². The normalized spacial score (nSPS) is 11.8. The van der Waals surface area contributed by atoms with Gasteiger partial charge in [-0.25, -0.2) is 4.39 Å². The summed E-state index contributed by atoms with van der Waals surface area (Å²) in [5.74, 6) is -0.326. The first kappa shape index (κ1) is 16.2. The van der Waals surface area contributed by atoms with E-state index >= 15 is 0 Å². The van der Waals surface area contributed by atoms with Crippen LogP contribution in [0.3, 0.4) is 0 Å². The third-order valence-corrected chi connectivity index (χ3v) is 2.81. The van der Waals surface area contributed by atoms with Gasteiger partial charge in [-0.3, -0.25) is 4.79 Å². The molecule has 4 N–H and O–H groups in total. The lowest BCUT2D eigenvalue weighted by Crippen LogP contribution is -2.36. The molecule has 0 fully saturated rings. The van der Waals surface area contributed by atoms with Gasteiger partial charge < -0.3 is 21.1 Å². The zero-order valence-electron chi connectivity index (χ0n) is 11.9. The second-order valence-electron chi connectivity index (χ2n) is 4.48. The number of halogens is 1. The number of hydrogen-bond acceptors (Lipinski definition) is 4. The number of nitrogens with two attached hydrogens (primary N) is 1. The van der Waals surface area contributed by atoms with E-state index in [9.17, 15) is 9.18 Å². The molecule has 1 atom stereocenters. The number of nitrogens with one attached hydrogen (secondary N) is 2. The van der Waals surface area contributed by atoms with Crippen LogP contribution in [0.5, 0.6) is 5.75 Å². The average Bonchev–Trinajstić information content (AvgIpc) is 2.46. The van der Waals surface area contributed by atoms with Crippen molar-refractivity contribution in [1.29, 1.82) is 0 Å². The molecular weight excluding hydrogens is 261 g/mol. The van der Waals surface area contributed by atoms with Gasteiger partial charge in [0.2, 0.25) is 5.91 Å². The van der Waals surface area contributed by atoms with Crippen molar-refractivity contribution in [2.45, 2.75) is 25.8 Å². The van der Waals surface area contributed by atoms with Gasteiger partial charge in [0.05, 0.1) is 7.11 Å². The number of amides is 1. The highest BCUT2D eigenvalue weighted by molar-refractivity contribution is 5.77. The molecule has 0 spiro atoms. The van der Waals surface area contributed by atoms with Crippen LogP contribution in [-0.2, 0) is 4.79 Å². The summed E-state index contributed by atoms with van der Waals surface area (Å²) in [7, 11) is 1.40. The summed E-state index contributed by atoms with van der Waals surface area (Å²) in [6.07, 6.45) is 1.16. The Bertz CT molecular complexity index is 440. The Morgan fingerprint density at radius 3 is 2.85 bits per heavy atom. The van der Waals surface area contributed by atoms with Gasteiger partial charge in [-0.1, -0.05) is 6.92 Å². The van der Waals surface area contributed by atoms with Gasteiger partial charge in [0, 0.05) is 37.3 Å². The van der Waals surface area contributed by atoms with E-state index in [1.165, 1.54) is 13.2 Å². The number of carbonyl (C=O) groups is 1. The first-order valence-electron chi connectivity index (χ1n) is 6.67. The predicted molar refractivity (Wildman–Crippen MR) is 77.3 cm³/mol. The van der Waals surface area contributed by atoms with Crippen molar-refractivity contribution in [1.82, 2.24) is 5.32 Å². The van der Waals surface area contributed by atoms with Gasteiger partial charge in [0.1, 0.15) is 0 Å². The molecule has 0 saturated heterocycles. The summed E-state index contributed by atoms with van der Waals surface area (Å²) in [6, 6.07) is 4.24. The highest BCUT2D eigenvalue weighted by Gasteiger charge is 2.13. The number of benzene rings is 1. The van der Waals surface area contributed by atoms with Crippen molar-refractivity contribution in [2.75, 3.05) is 25.5 Å². The van der Waals surface area contributed by atoms with E-state index in [0.717, 1.165) is 6.42 Å². The van der Waals surface area contributed by atoms with Crippen LogP contribution in [-0.4, -0.2) is 32.1 Å². The molecule has 0 radical (unpaired) electrons. The minimum Gasteiger partial charge on any atom is -0.494 e. The second-order valence-corrected chi connectivity index (χ2v) is 4.48. The van der Waals surface area contributed by atoms with E-state index in [0.29, 0.717) is 18.8 Å². The molecule has 0 aliphatic rings. The van der Waals surface area contributed by atoms with Crippen LogP contribution in [0, 0.1) is 5.82 Å². The Balaban J connectivity index is 2.61. The van der Waals surface area contributed by atoms with Gasteiger partial charge in [-0.2, -0.15) is 0 Å². The molecule has 1 aromatic carbocycles. The Morgan fingerprint density at radius 2 is 2.25 bits per heavy atom. The maximum Gasteiger partial charge on any atom is 0.222 e. The Hall–Kier alpha value is -1.82. The molecule has 112 valence electrons. The summed E-state index contributed by atoms with van der Waals surface area (Å²) >= 11 is 0. The second kappa shape index (κ2) is 8.37. The molecule has 20 heavy (non-hydrogen) atoms. The fourth-order valence-corrected chi connectivity index (χ4v) is 1.74. The van der Waals surface area contributed by atoms with Crippen molar-refractivity contribution in [3.05, 3.63) is 24.0 Å². The summed E-state index contributed by atoms with van der Waals surface area (Å²) < 4.78 is 18.2. The lowest BCUT2D eigenvalue weighted by molar-refractivity contribution is -0.121. The molecule has 0 aliphatic heterocycles. The lowest BCUT2D eigenvalue weighted by Gasteiger charge is -2.18. The Labute approximate surface area is 118 Å². The van der Waals surface area contributed by atoms with Crippen LogP contribution in [0.2, 0.25) is 0 Å². The molecule has 1 aromatic rings.